The van der Waals surface area contributed by atoms with Crippen molar-refractivity contribution >= 4 is 5.96 Å². The lowest BCUT2D eigenvalue weighted by Crippen LogP contribution is -2.39. The summed E-state index contributed by atoms with van der Waals surface area (Å²) in [6, 6.07) is 7.84. The van der Waals surface area contributed by atoms with E-state index in [4.69, 9.17) is 4.74 Å². The van der Waals surface area contributed by atoms with Crippen LogP contribution in [0, 0.1) is 5.92 Å². The summed E-state index contributed by atoms with van der Waals surface area (Å²) >= 11 is 0. The lowest BCUT2D eigenvalue weighted by molar-refractivity contribution is 0.0258. The molecule has 5 nitrogen and oxygen atoms in total. The van der Waals surface area contributed by atoms with Crippen molar-refractivity contribution in [2.24, 2.45) is 10.9 Å². The number of guanidine groups is 1. The first-order chi connectivity index (χ1) is 11.6. The lowest BCUT2D eigenvalue weighted by atomic mass is 10.0. The molecule has 0 aliphatic heterocycles. The Balaban J connectivity index is 2.59. The monoisotopic (exact) mass is 335 g/mol. The summed E-state index contributed by atoms with van der Waals surface area (Å²) in [6.07, 6.45) is 1.21. The third kappa shape index (κ3) is 7.32. The molecule has 24 heavy (non-hydrogen) atoms. The highest BCUT2D eigenvalue weighted by Gasteiger charge is 2.13. The second-order valence-corrected chi connectivity index (χ2v) is 6.08. The van der Waals surface area contributed by atoms with Gasteiger partial charge in [-0.2, -0.15) is 0 Å². The van der Waals surface area contributed by atoms with Gasteiger partial charge < -0.3 is 20.5 Å². The van der Waals surface area contributed by atoms with Gasteiger partial charge in [-0.3, -0.25) is 0 Å². The molecule has 1 aromatic rings. The summed E-state index contributed by atoms with van der Waals surface area (Å²) in [4.78, 5) is 4.62. The Labute approximate surface area is 146 Å². The Morgan fingerprint density at radius 1 is 1.17 bits per heavy atom. The number of nitrogens with zero attached hydrogens (tertiary/aromatic N) is 1. The molecule has 0 saturated carbocycles. The average Bonchev–Trinajstić information content (AvgIpc) is 2.58. The van der Waals surface area contributed by atoms with Gasteiger partial charge in [0.1, 0.15) is 0 Å². The Morgan fingerprint density at radius 2 is 1.88 bits per heavy atom. The van der Waals surface area contributed by atoms with Crippen LogP contribution >= 0.6 is 0 Å². The van der Waals surface area contributed by atoms with Gasteiger partial charge in [0.25, 0.3) is 0 Å². The quantitative estimate of drug-likeness (QED) is 0.454. The van der Waals surface area contributed by atoms with Crippen molar-refractivity contribution in [2.45, 2.75) is 53.4 Å². The molecule has 1 unspecified atom stereocenters. The van der Waals surface area contributed by atoms with E-state index in [0.717, 1.165) is 43.2 Å². The molecular weight excluding hydrogens is 302 g/mol. The molecule has 0 saturated heterocycles. The number of aliphatic hydroxyl groups is 1. The Morgan fingerprint density at radius 3 is 2.46 bits per heavy atom. The SMILES string of the molecule is CCNC(=NCc1ccccc1CO)NCCC(OCC)C(C)C. The Kier molecular flexibility index (Phi) is 10.1. The van der Waals surface area contributed by atoms with Crippen molar-refractivity contribution in [3.8, 4) is 0 Å². The maximum Gasteiger partial charge on any atom is 0.191 e. The summed E-state index contributed by atoms with van der Waals surface area (Å²) in [5, 5.41) is 16.0. The highest BCUT2D eigenvalue weighted by Crippen LogP contribution is 2.11. The van der Waals surface area contributed by atoms with Gasteiger partial charge in [0, 0.05) is 19.7 Å². The molecule has 0 spiro atoms. The summed E-state index contributed by atoms with van der Waals surface area (Å²) in [5.41, 5.74) is 1.97. The number of benzene rings is 1. The normalized spacial score (nSPS) is 13.2. The molecular formula is C19H33N3O2. The molecule has 5 heteroatoms. The van der Waals surface area contributed by atoms with Crippen LogP contribution in [0.3, 0.4) is 0 Å². The van der Waals surface area contributed by atoms with Gasteiger partial charge in [0.2, 0.25) is 0 Å². The minimum absolute atomic E-state index is 0.0418. The summed E-state index contributed by atoms with van der Waals surface area (Å²) < 4.78 is 5.78. The van der Waals surface area contributed by atoms with Crippen LogP contribution in [0.1, 0.15) is 45.2 Å². The maximum atomic E-state index is 9.40. The summed E-state index contributed by atoms with van der Waals surface area (Å²) in [5.74, 6) is 1.30. The molecule has 0 amide bonds. The van der Waals surface area contributed by atoms with Crippen molar-refractivity contribution < 1.29 is 9.84 Å². The third-order valence-corrected chi connectivity index (χ3v) is 3.89. The van der Waals surface area contributed by atoms with Crippen LogP contribution in [0.25, 0.3) is 0 Å². The van der Waals surface area contributed by atoms with Crippen LogP contribution in [-0.2, 0) is 17.9 Å². The molecule has 136 valence electrons. The van der Waals surface area contributed by atoms with Gasteiger partial charge in [-0.1, -0.05) is 38.1 Å². The van der Waals surface area contributed by atoms with E-state index in [-0.39, 0.29) is 12.7 Å². The van der Waals surface area contributed by atoms with E-state index in [9.17, 15) is 5.11 Å². The van der Waals surface area contributed by atoms with E-state index in [1.807, 2.05) is 31.2 Å². The van der Waals surface area contributed by atoms with E-state index in [1.54, 1.807) is 0 Å². The fourth-order valence-corrected chi connectivity index (χ4v) is 2.53. The highest BCUT2D eigenvalue weighted by molar-refractivity contribution is 5.79. The molecule has 0 bridgehead atoms. The number of ether oxygens (including phenoxy) is 1. The zero-order valence-corrected chi connectivity index (χ0v) is 15.5. The Hall–Kier alpha value is -1.59. The third-order valence-electron chi connectivity index (χ3n) is 3.89. The molecule has 0 aliphatic rings. The Bertz CT molecular complexity index is 489. The predicted octanol–water partition coefficient (Wildman–Crippen LogP) is 2.69. The number of rotatable bonds is 10. The van der Waals surface area contributed by atoms with Gasteiger partial charge in [-0.15, -0.1) is 0 Å². The largest absolute Gasteiger partial charge is 0.392 e. The summed E-state index contributed by atoms with van der Waals surface area (Å²) in [6.45, 7) is 11.4. The maximum absolute atomic E-state index is 9.40. The zero-order valence-electron chi connectivity index (χ0n) is 15.5. The molecule has 0 aliphatic carbocycles. The first-order valence-electron chi connectivity index (χ1n) is 8.93. The minimum atomic E-state index is 0.0418. The van der Waals surface area contributed by atoms with Gasteiger partial charge >= 0.3 is 0 Å². The van der Waals surface area contributed by atoms with Crippen LogP contribution in [0.4, 0.5) is 0 Å². The molecule has 1 atom stereocenters. The molecule has 0 radical (unpaired) electrons. The van der Waals surface area contributed by atoms with Crippen LogP contribution < -0.4 is 10.6 Å². The van der Waals surface area contributed by atoms with Crippen molar-refractivity contribution in [3.63, 3.8) is 0 Å². The smallest absolute Gasteiger partial charge is 0.191 e. The average molecular weight is 335 g/mol. The van der Waals surface area contributed by atoms with Crippen molar-refractivity contribution in [3.05, 3.63) is 35.4 Å². The van der Waals surface area contributed by atoms with Crippen LogP contribution in [0.15, 0.2) is 29.3 Å². The lowest BCUT2D eigenvalue weighted by Gasteiger charge is -2.21. The second kappa shape index (κ2) is 11.9. The number of hydrogen-bond donors (Lipinski definition) is 3. The first kappa shape index (κ1) is 20.5. The first-order valence-corrected chi connectivity index (χ1v) is 8.93. The topological polar surface area (TPSA) is 65.9 Å². The molecule has 1 rings (SSSR count). The highest BCUT2D eigenvalue weighted by atomic mass is 16.5. The summed E-state index contributed by atoms with van der Waals surface area (Å²) in [7, 11) is 0. The molecule has 0 aromatic heterocycles. The van der Waals surface area contributed by atoms with E-state index < -0.39 is 0 Å². The van der Waals surface area contributed by atoms with Crippen LogP contribution in [0.5, 0.6) is 0 Å². The molecule has 3 N–H and O–H groups in total. The molecule has 0 fully saturated rings. The van der Waals surface area contributed by atoms with Gasteiger partial charge in [0.05, 0.1) is 19.3 Å². The number of aliphatic imine (C=N–C) groups is 1. The molecule has 1 aromatic carbocycles. The van der Waals surface area contributed by atoms with Gasteiger partial charge in [-0.05, 0) is 37.3 Å². The molecule has 0 heterocycles. The van der Waals surface area contributed by atoms with E-state index in [1.165, 1.54) is 0 Å². The number of hydrogen-bond acceptors (Lipinski definition) is 3. The zero-order chi connectivity index (χ0) is 17.8. The second-order valence-electron chi connectivity index (χ2n) is 6.08. The fraction of sp³-hybridized carbons (Fsp3) is 0.632. The van der Waals surface area contributed by atoms with Gasteiger partial charge in [0.15, 0.2) is 5.96 Å². The fourth-order valence-electron chi connectivity index (χ4n) is 2.53. The number of aliphatic hydroxyl groups excluding tert-OH is 1. The van der Waals surface area contributed by atoms with E-state index in [0.29, 0.717) is 12.5 Å². The van der Waals surface area contributed by atoms with Crippen molar-refractivity contribution in [1.29, 1.82) is 0 Å². The van der Waals surface area contributed by atoms with Crippen molar-refractivity contribution in [2.75, 3.05) is 19.7 Å². The van der Waals surface area contributed by atoms with Gasteiger partial charge in [-0.25, -0.2) is 4.99 Å². The van der Waals surface area contributed by atoms with E-state index in [2.05, 4.69) is 36.4 Å². The van der Waals surface area contributed by atoms with E-state index >= 15 is 0 Å². The number of nitrogens with one attached hydrogen (secondary N) is 2. The predicted molar refractivity (Wildman–Crippen MR) is 100 cm³/mol. The van der Waals surface area contributed by atoms with Crippen molar-refractivity contribution in [1.82, 2.24) is 10.6 Å². The standard InChI is InChI=1S/C19H33N3O2/c1-5-20-19(21-12-11-18(15(3)4)24-6-2)22-13-16-9-7-8-10-17(16)14-23/h7-10,15,18,23H,5-6,11-14H2,1-4H3,(H2,20,21,22). The van der Waals surface area contributed by atoms with Crippen LogP contribution in [0.2, 0.25) is 0 Å². The van der Waals surface area contributed by atoms with Crippen LogP contribution in [-0.4, -0.2) is 36.9 Å². The minimum Gasteiger partial charge on any atom is -0.392 e.